The molecule has 2 rings (SSSR count). The second kappa shape index (κ2) is 6.65. The number of nitrogens with two attached hydrogens (primary N) is 1. The van der Waals surface area contributed by atoms with E-state index in [1.807, 2.05) is 24.3 Å². The van der Waals surface area contributed by atoms with E-state index < -0.39 is 0 Å². The number of nitrogens with zero attached hydrogens (tertiary/aromatic N) is 3. The third kappa shape index (κ3) is 3.89. The molecule has 1 aromatic carbocycles. The standard InChI is InChI=1S/C13H17N5O/c14-7-1-2-13(19)16-8-11-3-5-12(6-4-11)18-10-15-9-17-18/h3-6,9-10H,1-2,7-8,14H2,(H,16,19). The molecule has 0 unspecified atom stereocenters. The summed E-state index contributed by atoms with van der Waals surface area (Å²) in [5, 5.41) is 6.91. The van der Waals surface area contributed by atoms with E-state index in [2.05, 4.69) is 15.4 Å². The van der Waals surface area contributed by atoms with Crippen molar-refractivity contribution in [3.8, 4) is 5.69 Å². The summed E-state index contributed by atoms with van der Waals surface area (Å²) in [4.78, 5) is 15.3. The molecule has 1 amide bonds. The molecule has 0 bridgehead atoms. The Kier molecular flexibility index (Phi) is 4.63. The minimum Gasteiger partial charge on any atom is -0.352 e. The third-order valence-corrected chi connectivity index (χ3v) is 2.72. The van der Waals surface area contributed by atoms with Gasteiger partial charge in [0.05, 0.1) is 5.69 Å². The molecular formula is C13H17N5O. The molecule has 6 heteroatoms. The Morgan fingerprint density at radius 1 is 1.32 bits per heavy atom. The summed E-state index contributed by atoms with van der Waals surface area (Å²) in [6, 6.07) is 7.80. The van der Waals surface area contributed by atoms with Gasteiger partial charge in [0.25, 0.3) is 0 Å². The smallest absolute Gasteiger partial charge is 0.220 e. The number of aromatic nitrogens is 3. The molecule has 6 nitrogen and oxygen atoms in total. The van der Waals surface area contributed by atoms with E-state index in [0.717, 1.165) is 17.7 Å². The van der Waals surface area contributed by atoms with Gasteiger partial charge >= 0.3 is 0 Å². The highest BCUT2D eigenvalue weighted by Gasteiger charge is 2.01. The Morgan fingerprint density at radius 3 is 2.74 bits per heavy atom. The van der Waals surface area contributed by atoms with Gasteiger partial charge in [-0.1, -0.05) is 12.1 Å². The molecule has 0 aliphatic heterocycles. The van der Waals surface area contributed by atoms with Crippen molar-refractivity contribution >= 4 is 5.91 Å². The first-order valence-corrected chi connectivity index (χ1v) is 6.20. The van der Waals surface area contributed by atoms with Gasteiger partial charge < -0.3 is 11.1 Å². The lowest BCUT2D eigenvalue weighted by Crippen LogP contribution is -2.23. The van der Waals surface area contributed by atoms with Gasteiger partial charge in [-0.2, -0.15) is 5.10 Å². The summed E-state index contributed by atoms with van der Waals surface area (Å²) in [6.45, 7) is 1.07. The molecule has 0 radical (unpaired) electrons. The van der Waals surface area contributed by atoms with Gasteiger partial charge in [-0.25, -0.2) is 9.67 Å². The SMILES string of the molecule is NCCCC(=O)NCc1ccc(-n2cncn2)cc1. The van der Waals surface area contributed by atoms with Gasteiger partial charge in [-0.15, -0.1) is 0 Å². The molecule has 0 fully saturated rings. The first-order valence-electron chi connectivity index (χ1n) is 6.20. The zero-order chi connectivity index (χ0) is 13.5. The van der Waals surface area contributed by atoms with Gasteiger partial charge in [0, 0.05) is 13.0 Å². The minimum atomic E-state index is 0.0332. The summed E-state index contributed by atoms with van der Waals surface area (Å²) >= 11 is 0. The molecule has 0 aliphatic rings. The van der Waals surface area contributed by atoms with Crippen LogP contribution in [0.2, 0.25) is 0 Å². The molecule has 19 heavy (non-hydrogen) atoms. The lowest BCUT2D eigenvalue weighted by Gasteiger charge is -2.06. The van der Waals surface area contributed by atoms with Gasteiger partial charge in [0.15, 0.2) is 0 Å². The highest BCUT2D eigenvalue weighted by atomic mass is 16.1. The summed E-state index contributed by atoms with van der Waals surface area (Å²) in [5.74, 6) is 0.0332. The second-order valence-corrected chi connectivity index (χ2v) is 4.18. The van der Waals surface area contributed by atoms with Crippen LogP contribution in [0.5, 0.6) is 0 Å². The van der Waals surface area contributed by atoms with E-state index in [1.54, 1.807) is 11.0 Å². The molecule has 0 saturated carbocycles. The maximum Gasteiger partial charge on any atom is 0.220 e. The fraction of sp³-hybridized carbons (Fsp3) is 0.308. The van der Waals surface area contributed by atoms with Crippen molar-refractivity contribution in [3.63, 3.8) is 0 Å². The molecule has 0 spiro atoms. The van der Waals surface area contributed by atoms with Crippen LogP contribution >= 0.6 is 0 Å². The van der Waals surface area contributed by atoms with Crippen molar-refractivity contribution in [2.24, 2.45) is 5.73 Å². The quantitative estimate of drug-likeness (QED) is 0.796. The number of hydrogen-bond donors (Lipinski definition) is 2. The Hall–Kier alpha value is -2.21. The van der Waals surface area contributed by atoms with E-state index in [9.17, 15) is 4.79 Å². The van der Waals surface area contributed by atoms with Gasteiger partial charge in [0.2, 0.25) is 5.91 Å². The number of hydrogen-bond acceptors (Lipinski definition) is 4. The monoisotopic (exact) mass is 259 g/mol. The van der Waals surface area contributed by atoms with E-state index >= 15 is 0 Å². The minimum absolute atomic E-state index is 0.0332. The van der Waals surface area contributed by atoms with Gasteiger partial charge in [-0.05, 0) is 30.7 Å². The first kappa shape index (κ1) is 13.2. The van der Waals surface area contributed by atoms with Crippen LogP contribution in [0.1, 0.15) is 18.4 Å². The fourth-order valence-corrected chi connectivity index (χ4v) is 1.66. The molecule has 3 N–H and O–H groups in total. The zero-order valence-electron chi connectivity index (χ0n) is 10.6. The maximum absolute atomic E-state index is 11.4. The average molecular weight is 259 g/mol. The summed E-state index contributed by atoms with van der Waals surface area (Å²) in [5.41, 5.74) is 7.34. The number of carbonyl (C=O) groups excluding carboxylic acids is 1. The van der Waals surface area contributed by atoms with Crippen LogP contribution in [0.4, 0.5) is 0 Å². The predicted molar refractivity (Wildman–Crippen MR) is 71.5 cm³/mol. The van der Waals surface area contributed by atoms with Gasteiger partial charge in [-0.3, -0.25) is 4.79 Å². The van der Waals surface area contributed by atoms with Crippen LogP contribution in [-0.2, 0) is 11.3 Å². The van der Waals surface area contributed by atoms with Crippen LogP contribution in [0.3, 0.4) is 0 Å². The van der Waals surface area contributed by atoms with Crippen molar-refractivity contribution in [2.75, 3.05) is 6.54 Å². The largest absolute Gasteiger partial charge is 0.352 e. The topological polar surface area (TPSA) is 85.8 Å². The fourth-order valence-electron chi connectivity index (χ4n) is 1.66. The summed E-state index contributed by atoms with van der Waals surface area (Å²) < 4.78 is 1.68. The first-order chi connectivity index (χ1) is 9.29. The summed E-state index contributed by atoms with van der Waals surface area (Å²) in [7, 11) is 0. The van der Waals surface area contributed by atoms with E-state index in [0.29, 0.717) is 19.5 Å². The number of carbonyl (C=O) groups is 1. The Labute approximate surface area is 111 Å². The molecule has 100 valence electrons. The number of benzene rings is 1. The van der Waals surface area contributed by atoms with E-state index in [1.165, 1.54) is 6.33 Å². The Balaban J connectivity index is 1.87. The molecule has 1 aromatic heterocycles. The lowest BCUT2D eigenvalue weighted by molar-refractivity contribution is -0.121. The third-order valence-electron chi connectivity index (χ3n) is 2.72. The average Bonchev–Trinajstić information content (AvgIpc) is 2.97. The van der Waals surface area contributed by atoms with Crippen LogP contribution in [-0.4, -0.2) is 27.2 Å². The second-order valence-electron chi connectivity index (χ2n) is 4.18. The van der Waals surface area contributed by atoms with Crippen LogP contribution in [0.15, 0.2) is 36.9 Å². The van der Waals surface area contributed by atoms with E-state index in [-0.39, 0.29) is 5.91 Å². The Morgan fingerprint density at radius 2 is 2.11 bits per heavy atom. The molecule has 0 atom stereocenters. The highest BCUT2D eigenvalue weighted by molar-refractivity contribution is 5.75. The van der Waals surface area contributed by atoms with E-state index in [4.69, 9.17) is 5.73 Å². The van der Waals surface area contributed by atoms with Crippen molar-refractivity contribution in [3.05, 3.63) is 42.5 Å². The summed E-state index contributed by atoms with van der Waals surface area (Å²) in [6.07, 6.45) is 4.33. The molecule has 2 aromatic rings. The van der Waals surface area contributed by atoms with Crippen LogP contribution in [0, 0.1) is 0 Å². The zero-order valence-corrected chi connectivity index (χ0v) is 10.6. The number of rotatable bonds is 6. The highest BCUT2D eigenvalue weighted by Crippen LogP contribution is 2.07. The van der Waals surface area contributed by atoms with Crippen molar-refractivity contribution in [2.45, 2.75) is 19.4 Å². The molecule has 1 heterocycles. The van der Waals surface area contributed by atoms with Crippen molar-refractivity contribution in [1.29, 1.82) is 0 Å². The Bertz CT molecular complexity index is 506. The molecular weight excluding hydrogens is 242 g/mol. The van der Waals surface area contributed by atoms with Crippen LogP contribution in [0.25, 0.3) is 5.69 Å². The van der Waals surface area contributed by atoms with Crippen molar-refractivity contribution < 1.29 is 4.79 Å². The molecule has 0 saturated heterocycles. The maximum atomic E-state index is 11.4. The normalized spacial score (nSPS) is 10.4. The van der Waals surface area contributed by atoms with Crippen LogP contribution < -0.4 is 11.1 Å². The number of amides is 1. The van der Waals surface area contributed by atoms with Gasteiger partial charge in [0.1, 0.15) is 12.7 Å². The number of nitrogens with one attached hydrogen (secondary N) is 1. The molecule has 0 aliphatic carbocycles. The lowest BCUT2D eigenvalue weighted by atomic mass is 10.2. The van der Waals surface area contributed by atoms with Crippen molar-refractivity contribution in [1.82, 2.24) is 20.1 Å². The predicted octanol–water partition coefficient (Wildman–Crippen LogP) is 0.622.